The number of pyridine rings is 1. The summed E-state index contributed by atoms with van der Waals surface area (Å²) in [6.07, 6.45) is 3.30. The van der Waals surface area contributed by atoms with Crippen molar-refractivity contribution in [2.75, 3.05) is 26.3 Å². The van der Waals surface area contributed by atoms with Crippen LogP contribution in [0.4, 0.5) is 4.39 Å². The van der Waals surface area contributed by atoms with E-state index in [0.29, 0.717) is 17.2 Å². The van der Waals surface area contributed by atoms with E-state index in [9.17, 15) is 4.39 Å². The summed E-state index contributed by atoms with van der Waals surface area (Å²) >= 11 is 0. The van der Waals surface area contributed by atoms with Gasteiger partial charge in [0.1, 0.15) is 17.2 Å². The lowest BCUT2D eigenvalue weighted by Gasteiger charge is -2.26. The average molecular weight is 484 g/mol. The molecule has 0 amide bonds. The number of hydrogen-bond donors (Lipinski definition) is 0. The molecule has 2 aromatic carbocycles. The van der Waals surface area contributed by atoms with E-state index in [-0.39, 0.29) is 11.6 Å². The SMILES string of the molecule is Fc1ccccc1-n1nnc(-c2nc(-c3cccc(CN4CCOCC4)c3)no2)c1-c1ccncc1. The van der Waals surface area contributed by atoms with Gasteiger partial charge in [-0.25, -0.2) is 9.07 Å². The third-order valence-electron chi connectivity index (χ3n) is 6.03. The van der Waals surface area contributed by atoms with Crippen molar-refractivity contribution >= 4 is 0 Å². The van der Waals surface area contributed by atoms with Crippen LogP contribution < -0.4 is 0 Å². The van der Waals surface area contributed by atoms with Crippen molar-refractivity contribution in [2.24, 2.45) is 0 Å². The van der Waals surface area contributed by atoms with Crippen LogP contribution in [0.2, 0.25) is 0 Å². The molecule has 0 bridgehead atoms. The summed E-state index contributed by atoms with van der Waals surface area (Å²) in [6.45, 7) is 4.14. The molecule has 36 heavy (non-hydrogen) atoms. The zero-order chi connectivity index (χ0) is 24.3. The van der Waals surface area contributed by atoms with Crippen LogP contribution in [0.5, 0.6) is 0 Å². The van der Waals surface area contributed by atoms with Gasteiger partial charge in [-0.05, 0) is 35.9 Å². The zero-order valence-corrected chi connectivity index (χ0v) is 19.3. The van der Waals surface area contributed by atoms with E-state index in [4.69, 9.17) is 9.26 Å². The molecule has 6 rings (SSSR count). The Morgan fingerprint density at radius 2 is 1.75 bits per heavy atom. The molecule has 3 aromatic heterocycles. The van der Waals surface area contributed by atoms with Gasteiger partial charge in [-0.1, -0.05) is 40.7 Å². The van der Waals surface area contributed by atoms with Crippen LogP contribution in [0, 0.1) is 5.82 Å². The molecule has 0 unspecified atom stereocenters. The second-order valence-electron chi connectivity index (χ2n) is 8.40. The van der Waals surface area contributed by atoms with Crippen molar-refractivity contribution < 1.29 is 13.7 Å². The van der Waals surface area contributed by atoms with Crippen LogP contribution >= 0.6 is 0 Å². The molecule has 9 nitrogen and oxygen atoms in total. The minimum absolute atomic E-state index is 0.193. The summed E-state index contributed by atoms with van der Waals surface area (Å²) in [5.41, 5.74) is 3.87. The number of nitrogens with zero attached hydrogens (tertiary/aromatic N) is 7. The maximum atomic E-state index is 14.7. The zero-order valence-electron chi connectivity index (χ0n) is 19.3. The molecule has 0 radical (unpaired) electrons. The van der Waals surface area contributed by atoms with E-state index in [1.165, 1.54) is 10.7 Å². The van der Waals surface area contributed by atoms with Gasteiger partial charge in [-0.3, -0.25) is 9.88 Å². The lowest BCUT2D eigenvalue weighted by molar-refractivity contribution is 0.0342. The smallest absolute Gasteiger partial charge is 0.281 e. The summed E-state index contributed by atoms with van der Waals surface area (Å²) in [6, 6.07) is 18.0. The first kappa shape index (κ1) is 22.2. The molecule has 0 aliphatic carbocycles. The molecule has 0 atom stereocenters. The second kappa shape index (κ2) is 9.76. The Morgan fingerprint density at radius 1 is 0.917 bits per heavy atom. The molecule has 5 aromatic rings. The van der Waals surface area contributed by atoms with Gasteiger partial charge in [0, 0.05) is 43.2 Å². The number of benzene rings is 2. The second-order valence-corrected chi connectivity index (χ2v) is 8.40. The minimum Gasteiger partial charge on any atom is -0.379 e. The maximum absolute atomic E-state index is 14.7. The van der Waals surface area contributed by atoms with Gasteiger partial charge in [-0.2, -0.15) is 4.98 Å². The standard InChI is InChI=1S/C26H22FN7O2/c27-21-6-1-2-7-22(21)34-24(19-8-10-28-11-9-19)23(30-32-34)26-29-25(31-36-26)20-5-3-4-18(16-20)17-33-12-14-35-15-13-33/h1-11,16H,12-15,17H2. The van der Waals surface area contributed by atoms with E-state index in [0.717, 1.165) is 49.5 Å². The largest absolute Gasteiger partial charge is 0.379 e. The number of para-hydroxylation sites is 1. The maximum Gasteiger partial charge on any atom is 0.281 e. The number of morpholine rings is 1. The fraction of sp³-hybridized carbons (Fsp3) is 0.192. The van der Waals surface area contributed by atoms with Crippen molar-refractivity contribution in [1.29, 1.82) is 0 Å². The topological polar surface area (TPSA) is 95.0 Å². The fourth-order valence-corrected chi connectivity index (χ4v) is 4.25. The lowest BCUT2D eigenvalue weighted by atomic mass is 10.1. The first-order valence-corrected chi connectivity index (χ1v) is 11.6. The number of ether oxygens (including phenoxy) is 1. The molecular weight excluding hydrogens is 461 g/mol. The van der Waals surface area contributed by atoms with Crippen molar-refractivity contribution in [3.8, 4) is 39.9 Å². The molecule has 0 N–H and O–H groups in total. The van der Waals surface area contributed by atoms with E-state index < -0.39 is 5.82 Å². The van der Waals surface area contributed by atoms with Gasteiger partial charge in [0.25, 0.3) is 5.89 Å². The van der Waals surface area contributed by atoms with Crippen molar-refractivity contribution in [2.45, 2.75) is 6.54 Å². The molecule has 10 heteroatoms. The van der Waals surface area contributed by atoms with Gasteiger partial charge in [-0.15, -0.1) is 5.10 Å². The summed E-state index contributed by atoms with van der Waals surface area (Å²) in [4.78, 5) is 11.1. The molecular formula is C26H22FN7O2. The van der Waals surface area contributed by atoms with E-state index in [1.54, 1.807) is 42.7 Å². The van der Waals surface area contributed by atoms with Gasteiger partial charge in [0.2, 0.25) is 5.82 Å². The summed E-state index contributed by atoms with van der Waals surface area (Å²) in [5, 5.41) is 12.7. The Labute approximate surface area is 206 Å². The monoisotopic (exact) mass is 483 g/mol. The highest BCUT2D eigenvalue weighted by Gasteiger charge is 2.24. The fourth-order valence-electron chi connectivity index (χ4n) is 4.25. The third kappa shape index (κ3) is 4.39. The Hall–Kier alpha value is -4.28. The highest BCUT2D eigenvalue weighted by Crippen LogP contribution is 2.32. The molecule has 4 heterocycles. The summed E-state index contributed by atoms with van der Waals surface area (Å²) < 4.78 is 27.2. The molecule has 1 fully saturated rings. The third-order valence-corrected chi connectivity index (χ3v) is 6.03. The predicted molar refractivity (Wildman–Crippen MR) is 129 cm³/mol. The van der Waals surface area contributed by atoms with Gasteiger partial charge in [0.15, 0.2) is 5.69 Å². The van der Waals surface area contributed by atoms with Crippen molar-refractivity contribution in [3.63, 3.8) is 0 Å². The van der Waals surface area contributed by atoms with Crippen molar-refractivity contribution in [3.05, 3.63) is 84.4 Å². The highest BCUT2D eigenvalue weighted by atomic mass is 19.1. The number of rotatable bonds is 6. The number of hydrogen-bond acceptors (Lipinski definition) is 8. The quantitative estimate of drug-likeness (QED) is 0.358. The Kier molecular flexibility index (Phi) is 6.02. The summed E-state index contributed by atoms with van der Waals surface area (Å²) in [5.74, 6) is 0.209. The summed E-state index contributed by atoms with van der Waals surface area (Å²) in [7, 11) is 0. The molecule has 0 saturated carbocycles. The van der Waals surface area contributed by atoms with Gasteiger partial charge >= 0.3 is 0 Å². The van der Waals surface area contributed by atoms with Crippen LogP contribution in [-0.4, -0.2) is 61.3 Å². The average Bonchev–Trinajstić information content (AvgIpc) is 3.58. The molecule has 0 spiro atoms. The molecule has 180 valence electrons. The van der Waals surface area contributed by atoms with Gasteiger partial charge < -0.3 is 9.26 Å². The van der Waals surface area contributed by atoms with E-state index in [1.807, 2.05) is 12.1 Å². The van der Waals surface area contributed by atoms with Crippen LogP contribution in [0.15, 0.2) is 77.6 Å². The molecule has 1 saturated heterocycles. The minimum atomic E-state index is -0.424. The van der Waals surface area contributed by atoms with Crippen LogP contribution in [0.3, 0.4) is 0 Å². The predicted octanol–water partition coefficient (Wildman–Crippen LogP) is 4.02. The van der Waals surface area contributed by atoms with Crippen molar-refractivity contribution in [1.82, 2.24) is 35.0 Å². The molecule has 1 aliphatic heterocycles. The van der Waals surface area contributed by atoms with E-state index >= 15 is 0 Å². The van der Waals surface area contributed by atoms with Gasteiger partial charge in [0.05, 0.1) is 13.2 Å². The van der Waals surface area contributed by atoms with Crippen LogP contribution in [-0.2, 0) is 11.3 Å². The normalized spacial score (nSPS) is 14.2. The lowest BCUT2D eigenvalue weighted by Crippen LogP contribution is -2.35. The molecule has 1 aliphatic rings. The Balaban J connectivity index is 1.36. The highest BCUT2D eigenvalue weighted by molar-refractivity contribution is 5.76. The van der Waals surface area contributed by atoms with Crippen LogP contribution in [0.25, 0.3) is 39.9 Å². The first-order valence-electron chi connectivity index (χ1n) is 11.6. The van der Waals surface area contributed by atoms with Crippen LogP contribution in [0.1, 0.15) is 5.56 Å². The Morgan fingerprint density at radius 3 is 2.58 bits per heavy atom. The Bertz CT molecular complexity index is 1480. The van der Waals surface area contributed by atoms with E-state index in [2.05, 4.69) is 42.5 Å². The number of halogens is 1. The number of aromatic nitrogens is 6. The first-order chi connectivity index (χ1) is 17.8.